The van der Waals surface area contributed by atoms with E-state index in [1.54, 1.807) is 0 Å². The van der Waals surface area contributed by atoms with Crippen molar-refractivity contribution in [3.63, 3.8) is 0 Å². The summed E-state index contributed by atoms with van der Waals surface area (Å²) < 4.78 is 37.0. The third-order valence-corrected chi connectivity index (χ3v) is 5.42. The number of aliphatic carboxylic acids is 1. The van der Waals surface area contributed by atoms with E-state index in [2.05, 4.69) is 0 Å². The molecule has 0 radical (unpaired) electrons. The predicted octanol–water partition coefficient (Wildman–Crippen LogP) is 2.04. The Hall–Kier alpha value is -1.27. The smallest absolute Gasteiger partial charge is 0.471 e. The lowest BCUT2D eigenvalue weighted by Gasteiger charge is -2.72. The average molecular weight is 291 g/mol. The molecule has 1 heterocycles. The summed E-state index contributed by atoms with van der Waals surface area (Å²) in [7, 11) is 0. The zero-order valence-electron chi connectivity index (χ0n) is 10.9. The van der Waals surface area contributed by atoms with Crippen LogP contribution >= 0.6 is 0 Å². The lowest BCUT2D eigenvalue weighted by Crippen LogP contribution is -2.69. The van der Waals surface area contributed by atoms with Crippen molar-refractivity contribution in [1.82, 2.24) is 4.90 Å². The molecule has 0 unspecified atom stereocenters. The zero-order valence-corrected chi connectivity index (χ0v) is 10.9. The van der Waals surface area contributed by atoms with Crippen LogP contribution in [0.3, 0.4) is 0 Å². The summed E-state index contributed by atoms with van der Waals surface area (Å²) in [6.45, 7) is 0.260. The number of carbonyl (C=O) groups excluding carboxylic acids is 1. The van der Waals surface area contributed by atoms with Crippen molar-refractivity contribution in [2.75, 3.05) is 13.1 Å². The van der Waals surface area contributed by atoms with Crippen molar-refractivity contribution in [3.8, 4) is 0 Å². The van der Waals surface area contributed by atoms with Gasteiger partial charge in [0.2, 0.25) is 0 Å². The van der Waals surface area contributed by atoms with E-state index in [0.717, 1.165) is 4.90 Å². The molecular formula is C13H16F3NO3. The first-order valence-corrected chi connectivity index (χ1v) is 6.78. The largest absolute Gasteiger partial charge is 0.481 e. The number of rotatable bonds is 2. The van der Waals surface area contributed by atoms with Crippen molar-refractivity contribution < 1.29 is 27.9 Å². The summed E-state index contributed by atoms with van der Waals surface area (Å²) in [5, 5.41) is 9.07. The van der Waals surface area contributed by atoms with Crippen molar-refractivity contribution in [2.45, 2.75) is 38.3 Å². The van der Waals surface area contributed by atoms with E-state index in [0.29, 0.717) is 32.1 Å². The number of piperidine rings is 1. The highest BCUT2D eigenvalue weighted by Gasteiger charge is 2.73. The average Bonchev–Trinajstić information content (AvgIpc) is 2.23. The highest BCUT2D eigenvalue weighted by Crippen LogP contribution is 2.77. The van der Waals surface area contributed by atoms with Gasteiger partial charge in [-0.05, 0) is 43.4 Å². The quantitative estimate of drug-likeness (QED) is 0.847. The van der Waals surface area contributed by atoms with Crippen LogP contribution in [0.1, 0.15) is 32.1 Å². The normalized spacial score (nSPS) is 37.0. The van der Waals surface area contributed by atoms with Gasteiger partial charge in [0.15, 0.2) is 0 Å². The molecule has 1 aliphatic heterocycles. The Balaban J connectivity index is 1.54. The van der Waals surface area contributed by atoms with Crippen LogP contribution in [0.4, 0.5) is 13.2 Å². The van der Waals surface area contributed by atoms with Crippen LogP contribution in [0.15, 0.2) is 0 Å². The third kappa shape index (κ3) is 1.74. The van der Waals surface area contributed by atoms with Crippen LogP contribution in [0, 0.1) is 16.7 Å². The Bertz CT molecular complexity index is 446. The second-order valence-electron chi connectivity index (χ2n) is 6.54. The summed E-state index contributed by atoms with van der Waals surface area (Å²) in [4.78, 5) is 23.0. The van der Waals surface area contributed by atoms with E-state index < -0.39 is 23.5 Å². The Morgan fingerprint density at radius 1 is 1.10 bits per heavy atom. The Labute approximate surface area is 113 Å². The fourth-order valence-corrected chi connectivity index (χ4v) is 4.40. The van der Waals surface area contributed by atoms with Gasteiger partial charge in [0, 0.05) is 13.1 Å². The molecule has 7 heteroatoms. The van der Waals surface area contributed by atoms with Gasteiger partial charge in [-0.25, -0.2) is 0 Å². The molecule has 4 nitrogen and oxygen atoms in total. The fourth-order valence-electron chi connectivity index (χ4n) is 4.40. The van der Waals surface area contributed by atoms with E-state index in [4.69, 9.17) is 5.11 Å². The lowest BCUT2D eigenvalue weighted by molar-refractivity contribution is -0.248. The first-order valence-electron chi connectivity index (χ1n) is 6.78. The van der Waals surface area contributed by atoms with Gasteiger partial charge in [0.05, 0.1) is 5.41 Å². The number of hydrogen-bond donors (Lipinski definition) is 1. The molecule has 0 aromatic rings. The number of halogens is 3. The van der Waals surface area contributed by atoms with Crippen LogP contribution in [-0.4, -0.2) is 41.1 Å². The van der Waals surface area contributed by atoms with Gasteiger partial charge in [-0.1, -0.05) is 0 Å². The van der Waals surface area contributed by atoms with Crippen molar-refractivity contribution >= 4 is 11.9 Å². The standard InChI is InChI=1S/C13H16F3NO3/c14-13(15,16)9(18)17-3-1-8(2-4-17)11-5-12(6-11,7-11)10(19)20/h8H,1-7H2,(H,19,20). The molecule has 0 aromatic carbocycles. The molecule has 0 spiro atoms. The molecule has 1 amide bonds. The van der Waals surface area contributed by atoms with Gasteiger partial charge in [-0.3, -0.25) is 9.59 Å². The molecule has 4 fully saturated rings. The van der Waals surface area contributed by atoms with Crippen LogP contribution in [0.25, 0.3) is 0 Å². The maximum atomic E-state index is 12.3. The highest BCUT2D eigenvalue weighted by molar-refractivity contribution is 5.82. The maximum absolute atomic E-state index is 12.3. The molecule has 1 N–H and O–H groups in total. The van der Waals surface area contributed by atoms with Gasteiger partial charge in [0.1, 0.15) is 0 Å². The maximum Gasteiger partial charge on any atom is 0.471 e. The molecule has 1 saturated heterocycles. The summed E-state index contributed by atoms with van der Waals surface area (Å²) in [6.07, 6.45) is -1.71. The summed E-state index contributed by atoms with van der Waals surface area (Å²) >= 11 is 0. The van der Waals surface area contributed by atoms with Gasteiger partial charge >= 0.3 is 18.1 Å². The number of amides is 1. The topological polar surface area (TPSA) is 57.6 Å². The molecule has 20 heavy (non-hydrogen) atoms. The Morgan fingerprint density at radius 3 is 2.00 bits per heavy atom. The van der Waals surface area contributed by atoms with Crippen LogP contribution in [0.2, 0.25) is 0 Å². The molecule has 3 saturated carbocycles. The summed E-state index contributed by atoms with van der Waals surface area (Å²) in [6, 6.07) is 0. The number of hydrogen-bond acceptors (Lipinski definition) is 2. The van der Waals surface area contributed by atoms with E-state index >= 15 is 0 Å². The van der Waals surface area contributed by atoms with Crippen LogP contribution in [0.5, 0.6) is 0 Å². The monoisotopic (exact) mass is 291 g/mol. The second-order valence-corrected chi connectivity index (χ2v) is 6.54. The number of nitrogens with zero attached hydrogens (tertiary/aromatic N) is 1. The molecule has 0 atom stereocenters. The molecule has 112 valence electrons. The summed E-state index contributed by atoms with van der Waals surface area (Å²) in [5.74, 6) is -2.24. The Morgan fingerprint density at radius 2 is 1.60 bits per heavy atom. The third-order valence-electron chi connectivity index (χ3n) is 5.42. The fraction of sp³-hybridized carbons (Fsp3) is 0.846. The minimum absolute atomic E-state index is 0.0335. The first kappa shape index (κ1) is 13.7. The van der Waals surface area contributed by atoms with Gasteiger partial charge in [0.25, 0.3) is 0 Å². The number of carboxylic acids is 1. The zero-order chi connectivity index (χ0) is 14.8. The number of alkyl halides is 3. The first-order chi connectivity index (χ1) is 9.19. The van der Waals surface area contributed by atoms with E-state index in [1.807, 2.05) is 0 Å². The predicted molar refractivity (Wildman–Crippen MR) is 61.7 cm³/mol. The van der Waals surface area contributed by atoms with Gasteiger partial charge in [-0.15, -0.1) is 0 Å². The minimum atomic E-state index is -4.80. The van der Waals surface area contributed by atoms with E-state index in [9.17, 15) is 22.8 Å². The Kier molecular flexibility index (Phi) is 2.66. The SMILES string of the molecule is O=C(N1CCC(C23CC(C(=O)O)(C2)C3)CC1)C(F)(F)F. The van der Waals surface area contributed by atoms with Crippen LogP contribution < -0.4 is 0 Å². The minimum Gasteiger partial charge on any atom is -0.481 e. The number of carbonyl (C=O) groups is 2. The van der Waals surface area contributed by atoms with Crippen LogP contribution in [-0.2, 0) is 9.59 Å². The van der Waals surface area contributed by atoms with Crippen molar-refractivity contribution in [1.29, 1.82) is 0 Å². The lowest BCUT2D eigenvalue weighted by atomic mass is 9.31. The number of carboxylic acid groups (broad SMARTS) is 1. The summed E-state index contributed by atoms with van der Waals surface area (Å²) in [5.41, 5.74) is -0.509. The van der Waals surface area contributed by atoms with Gasteiger partial charge in [-0.2, -0.15) is 13.2 Å². The molecule has 4 rings (SSSR count). The molecule has 3 aliphatic carbocycles. The highest BCUT2D eigenvalue weighted by atomic mass is 19.4. The molecule has 0 aromatic heterocycles. The second kappa shape index (κ2) is 3.89. The van der Waals surface area contributed by atoms with E-state index in [-0.39, 0.29) is 24.4 Å². The molecular weight excluding hydrogens is 275 g/mol. The van der Waals surface area contributed by atoms with E-state index in [1.165, 1.54) is 0 Å². The number of likely N-dealkylation sites (tertiary alicyclic amines) is 1. The van der Waals surface area contributed by atoms with Gasteiger partial charge < -0.3 is 10.0 Å². The molecule has 2 bridgehead atoms. The molecule has 4 aliphatic rings. The van der Waals surface area contributed by atoms with Crippen molar-refractivity contribution in [3.05, 3.63) is 0 Å². The van der Waals surface area contributed by atoms with Crippen molar-refractivity contribution in [2.24, 2.45) is 16.7 Å².